The van der Waals surface area contributed by atoms with Gasteiger partial charge in [-0.2, -0.15) is 0 Å². The number of aryl methyl sites for hydroxylation is 1. The Labute approximate surface area is 104 Å². The van der Waals surface area contributed by atoms with E-state index >= 15 is 0 Å². The Morgan fingerprint density at radius 1 is 1.29 bits per heavy atom. The van der Waals surface area contributed by atoms with Crippen molar-refractivity contribution in [2.45, 2.75) is 59.2 Å². The van der Waals surface area contributed by atoms with Gasteiger partial charge in [0.05, 0.1) is 0 Å². The third-order valence-corrected chi connectivity index (χ3v) is 3.02. The highest BCUT2D eigenvalue weighted by atomic mass is 16.1. The van der Waals surface area contributed by atoms with Gasteiger partial charge in [-0.25, -0.2) is 4.79 Å². The van der Waals surface area contributed by atoms with E-state index < -0.39 is 0 Å². The van der Waals surface area contributed by atoms with Gasteiger partial charge in [0.15, 0.2) is 0 Å². The van der Waals surface area contributed by atoms with Crippen LogP contribution >= 0.6 is 0 Å². The molecule has 0 spiro atoms. The number of aromatic nitrogens is 2. The minimum atomic E-state index is 0.108. The van der Waals surface area contributed by atoms with Crippen LogP contribution in [0.2, 0.25) is 0 Å². The molecule has 1 rings (SSSR count). The van der Waals surface area contributed by atoms with Gasteiger partial charge < -0.3 is 5.32 Å². The first-order valence-corrected chi connectivity index (χ1v) is 6.57. The lowest BCUT2D eigenvalue weighted by molar-refractivity contribution is 0.475. The number of hydrogen-bond acceptors (Lipinski definition) is 2. The van der Waals surface area contributed by atoms with E-state index in [1.165, 1.54) is 0 Å². The summed E-state index contributed by atoms with van der Waals surface area (Å²) >= 11 is 0. The van der Waals surface area contributed by atoms with Crippen LogP contribution < -0.4 is 11.0 Å². The molecule has 0 aliphatic carbocycles. The summed E-state index contributed by atoms with van der Waals surface area (Å²) in [4.78, 5) is 11.9. The first-order valence-electron chi connectivity index (χ1n) is 6.57. The third kappa shape index (κ3) is 4.04. The molecule has 0 saturated heterocycles. The average Bonchev–Trinajstić information content (AvgIpc) is 2.61. The molecular formula is C13H25N3O. The second-order valence-electron chi connectivity index (χ2n) is 4.88. The van der Waals surface area contributed by atoms with Crippen molar-refractivity contribution in [2.24, 2.45) is 0 Å². The van der Waals surface area contributed by atoms with E-state index in [0.717, 1.165) is 25.9 Å². The summed E-state index contributed by atoms with van der Waals surface area (Å²) < 4.78 is 3.58. The number of nitrogens with zero attached hydrogens (tertiary/aromatic N) is 2. The van der Waals surface area contributed by atoms with Crippen molar-refractivity contribution < 1.29 is 0 Å². The van der Waals surface area contributed by atoms with Crippen LogP contribution in [0.25, 0.3) is 0 Å². The van der Waals surface area contributed by atoms with E-state index in [9.17, 15) is 4.79 Å². The molecular weight excluding hydrogens is 214 g/mol. The van der Waals surface area contributed by atoms with Crippen LogP contribution in [0.1, 0.15) is 46.6 Å². The Kier molecular flexibility index (Phi) is 5.48. The molecule has 0 bridgehead atoms. The molecule has 0 saturated carbocycles. The van der Waals surface area contributed by atoms with Gasteiger partial charge in [0.1, 0.15) is 0 Å². The molecule has 0 aliphatic heterocycles. The van der Waals surface area contributed by atoms with E-state index in [1.54, 1.807) is 9.13 Å². The van der Waals surface area contributed by atoms with Crippen LogP contribution in [0.5, 0.6) is 0 Å². The fourth-order valence-electron chi connectivity index (χ4n) is 2.01. The fraction of sp³-hybridized carbons (Fsp3) is 0.769. The molecule has 1 aromatic rings. The lowest BCUT2D eigenvalue weighted by atomic mass is 10.2. The largest absolute Gasteiger partial charge is 0.328 e. The average molecular weight is 239 g/mol. The molecule has 1 unspecified atom stereocenters. The van der Waals surface area contributed by atoms with Gasteiger partial charge in [-0.3, -0.25) is 9.13 Å². The Morgan fingerprint density at radius 2 is 2.00 bits per heavy atom. The smallest absolute Gasteiger partial charge is 0.315 e. The molecule has 0 aliphatic rings. The van der Waals surface area contributed by atoms with Gasteiger partial charge in [-0.05, 0) is 40.2 Å². The zero-order chi connectivity index (χ0) is 12.8. The zero-order valence-corrected chi connectivity index (χ0v) is 11.4. The molecule has 98 valence electrons. The Morgan fingerprint density at radius 3 is 2.53 bits per heavy atom. The molecule has 0 fully saturated rings. The maximum atomic E-state index is 11.9. The van der Waals surface area contributed by atoms with Gasteiger partial charge >= 0.3 is 5.69 Å². The quantitative estimate of drug-likeness (QED) is 0.790. The number of nitrogens with one attached hydrogen (secondary N) is 1. The van der Waals surface area contributed by atoms with Crippen LogP contribution in [-0.2, 0) is 6.54 Å². The van der Waals surface area contributed by atoms with Crippen molar-refractivity contribution in [3.63, 3.8) is 0 Å². The SMILES string of the molecule is CCNC(C)CCCn1ccn(C(C)C)c1=O. The van der Waals surface area contributed by atoms with E-state index in [2.05, 4.69) is 19.2 Å². The molecule has 1 heterocycles. The lowest BCUT2D eigenvalue weighted by Crippen LogP contribution is -2.27. The Bertz CT molecular complexity index is 378. The summed E-state index contributed by atoms with van der Waals surface area (Å²) in [6, 6.07) is 0.771. The highest BCUT2D eigenvalue weighted by Gasteiger charge is 2.06. The van der Waals surface area contributed by atoms with E-state index in [0.29, 0.717) is 6.04 Å². The third-order valence-electron chi connectivity index (χ3n) is 3.02. The van der Waals surface area contributed by atoms with Crippen LogP contribution in [0.4, 0.5) is 0 Å². The van der Waals surface area contributed by atoms with Gasteiger partial charge in [0, 0.05) is 31.0 Å². The second kappa shape index (κ2) is 6.64. The highest BCUT2D eigenvalue weighted by Crippen LogP contribution is 2.02. The second-order valence-corrected chi connectivity index (χ2v) is 4.88. The molecule has 0 amide bonds. The molecule has 1 atom stereocenters. The van der Waals surface area contributed by atoms with E-state index in [4.69, 9.17) is 0 Å². The van der Waals surface area contributed by atoms with Crippen molar-refractivity contribution in [3.05, 3.63) is 22.9 Å². The summed E-state index contributed by atoms with van der Waals surface area (Å²) in [7, 11) is 0. The van der Waals surface area contributed by atoms with Crippen LogP contribution in [0.15, 0.2) is 17.2 Å². The van der Waals surface area contributed by atoms with E-state index in [-0.39, 0.29) is 11.7 Å². The van der Waals surface area contributed by atoms with Gasteiger partial charge in [-0.1, -0.05) is 6.92 Å². The van der Waals surface area contributed by atoms with Crippen molar-refractivity contribution in [2.75, 3.05) is 6.54 Å². The normalized spacial score (nSPS) is 13.2. The van der Waals surface area contributed by atoms with Gasteiger partial charge in [0.2, 0.25) is 0 Å². The summed E-state index contributed by atoms with van der Waals surface area (Å²) in [5.41, 5.74) is 0.108. The monoisotopic (exact) mass is 239 g/mol. The predicted molar refractivity (Wildman–Crippen MR) is 71.4 cm³/mol. The van der Waals surface area contributed by atoms with Gasteiger partial charge in [0.25, 0.3) is 0 Å². The van der Waals surface area contributed by atoms with Crippen LogP contribution in [0, 0.1) is 0 Å². The predicted octanol–water partition coefficient (Wildman–Crippen LogP) is 2.01. The summed E-state index contributed by atoms with van der Waals surface area (Å²) in [6.45, 7) is 10.2. The van der Waals surface area contributed by atoms with Gasteiger partial charge in [-0.15, -0.1) is 0 Å². The zero-order valence-electron chi connectivity index (χ0n) is 11.4. The van der Waals surface area contributed by atoms with Crippen LogP contribution in [0.3, 0.4) is 0 Å². The minimum absolute atomic E-state index is 0.108. The molecule has 4 nitrogen and oxygen atoms in total. The van der Waals surface area contributed by atoms with Crippen molar-refractivity contribution in [3.8, 4) is 0 Å². The number of rotatable bonds is 7. The first-order chi connectivity index (χ1) is 8.06. The van der Waals surface area contributed by atoms with Crippen molar-refractivity contribution in [1.82, 2.24) is 14.5 Å². The van der Waals surface area contributed by atoms with Crippen molar-refractivity contribution >= 4 is 0 Å². The first kappa shape index (κ1) is 14.0. The molecule has 17 heavy (non-hydrogen) atoms. The minimum Gasteiger partial charge on any atom is -0.315 e. The van der Waals surface area contributed by atoms with Crippen LogP contribution in [-0.4, -0.2) is 21.7 Å². The standard InChI is InChI=1S/C13H25N3O/c1-5-14-12(4)7-6-8-15-9-10-16(11(2)3)13(15)17/h9-12,14H,5-8H2,1-4H3. The summed E-state index contributed by atoms with van der Waals surface area (Å²) in [5, 5.41) is 3.38. The van der Waals surface area contributed by atoms with Crippen molar-refractivity contribution in [1.29, 1.82) is 0 Å². The summed E-state index contributed by atoms with van der Waals surface area (Å²) in [6.07, 6.45) is 5.91. The molecule has 0 aromatic carbocycles. The highest BCUT2D eigenvalue weighted by molar-refractivity contribution is 4.83. The summed E-state index contributed by atoms with van der Waals surface area (Å²) in [5.74, 6) is 0. The molecule has 0 radical (unpaired) electrons. The number of hydrogen-bond donors (Lipinski definition) is 1. The van der Waals surface area contributed by atoms with E-state index in [1.807, 2.05) is 26.2 Å². The lowest BCUT2D eigenvalue weighted by Gasteiger charge is -2.11. The molecule has 1 N–H and O–H groups in total. The molecule has 4 heteroatoms. The Balaban J connectivity index is 2.45. The Hall–Kier alpha value is -1.03. The topological polar surface area (TPSA) is 39.0 Å². The molecule has 1 aromatic heterocycles. The number of imidazole rings is 1. The maximum Gasteiger partial charge on any atom is 0.328 e. The maximum absolute atomic E-state index is 11.9. The fourth-order valence-corrected chi connectivity index (χ4v) is 2.01.